The van der Waals surface area contributed by atoms with Crippen LogP contribution in [0.5, 0.6) is 0 Å². The van der Waals surface area contributed by atoms with Crippen molar-refractivity contribution in [3.8, 4) is 17.3 Å². The molecular formula is C22H21F3N4O2S. The molecular weight excluding hydrogens is 441 g/mol. The minimum Gasteiger partial charge on any atom is -0.321 e. The van der Waals surface area contributed by atoms with E-state index in [1.54, 1.807) is 10.9 Å². The summed E-state index contributed by atoms with van der Waals surface area (Å²) in [6.07, 6.45) is 0.0126. The van der Waals surface area contributed by atoms with E-state index in [2.05, 4.69) is 11.1 Å². The van der Waals surface area contributed by atoms with E-state index in [-0.39, 0.29) is 10.9 Å². The molecule has 1 fully saturated rings. The van der Waals surface area contributed by atoms with Crippen LogP contribution in [0.2, 0.25) is 0 Å². The molecule has 168 valence electrons. The van der Waals surface area contributed by atoms with Crippen LogP contribution in [0.25, 0.3) is 22.3 Å². The van der Waals surface area contributed by atoms with E-state index in [0.717, 1.165) is 37.1 Å². The van der Waals surface area contributed by atoms with E-state index in [4.69, 9.17) is 0 Å². The van der Waals surface area contributed by atoms with E-state index in [0.29, 0.717) is 22.5 Å². The lowest BCUT2D eigenvalue weighted by Crippen LogP contribution is -2.42. The average Bonchev–Trinajstić information content (AvgIpc) is 2.99. The van der Waals surface area contributed by atoms with E-state index >= 15 is 0 Å². The Balaban J connectivity index is 1.80. The quantitative estimate of drug-likeness (QED) is 0.588. The number of pyridine rings is 1. The third-order valence-electron chi connectivity index (χ3n) is 5.79. The lowest BCUT2D eigenvalue weighted by molar-refractivity contribution is -0.147. The maximum atomic E-state index is 12.8. The largest absolute Gasteiger partial charge is 0.404 e. The molecule has 0 radical (unpaired) electrons. The Kier molecular flexibility index (Phi) is 5.51. The lowest BCUT2D eigenvalue weighted by Gasteiger charge is -2.29. The molecule has 10 heteroatoms. The van der Waals surface area contributed by atoms with Gasteiger partial charge in [-0.1, -0.05) is 12.1 Å². The van der Waals surface area contributed by atoms with Gasteiger partial charge < -0.3 is 4.57 Å². The second-order valence-corrected chi connectivity index (χ2v) is 9.80. The van der Waals surface area contributed by atoms with Gasteiger partial charge in [0.05, 0.1) is 16.2 Å². The van der Waals surface area contributed by atoms with Gasteiger partial charge in [-0.3, -0.25) is 0 Å². The molecule has 1 atom stereocenters. The molecule has 4 rings (SSSR count). The molecule has 1 aliphatic rings. The van der Waals surface area contributed by atoms with Crippen LogP contribution in [0.15, 0.2) is 41.4 Å². The number of halogens is 3. The third kappa shape index (κ3) is 3.87. The number of hydrogen-bond donors (Lipinski definition) is 1. The molecule has 2 heterocycles. The molecule has 1 aromatic carbocycles. The average molecular weight is 462 g/mol. The zero-order valence-corrected chi connectivity index (χ0v) is 18.3. The Morgan fingerprint density at radius 1 is 1.25 bits per heavy atom. The molecule has 0 aliphatic heterocycles. The number of aromatic nitrogens is 2. The highest BCUT2D eigenvalue weighted by molar-refractivity contribution is 7.89. The van der Waals surface area contributed by atoms with Gasteiger partial charge in [0.1, 0.15) is 17.8 Å². The van der Waals surface area contributed by atoms with E-state index in [1.165, 1.54) is 24.3 Å². The summed E-state index contributed by atoms with van der Waals surface area (Å²) in [5, 5.41) is 10.6. The summed E-state index contributed by atoms with van der Waals surface area (Å²) in [7, 11) is -4.36. The maximum absolute atomic E-state index is 12.8. The summed E-state index contributed by atoms with van der Waals surface area (Å²) >= 11 is 0. The summed E-state index contributed by atoms with van der Waals surface area (Å²) in [5.74, 6) is 0. The Bertz CT molecular complexity index is 1320. The van der Waals surface area contributed by atoms with Crippen LogP contribution >= 0.6 is 0 Å². The van der Waals surface area contributed by atoms with Crippen molar-refractivity contribution in [1.29, 1.82) is 5.26 Å². The van der Waals surface area contributed by atoms with Crippen LogP contribution in [-0.2, 0) is 10.0 Å². The van der Waals surface area contributed by atoms with Crippen LogP contribution in [0.4, 0.5) is 13.2 Å². The highest BCUT2D eigenvalue weighted by Crippen LogP contribution is 2.42. The third-order valence-corrected chi connectivity index (χ3v) is 7.35. The van der Waals surface area contributed by atoms with Gasteiger partial charge >= 0.3 is 6.18 Å². The van der Waals surface area contributed by atoms with Crippen molar-refractivity contribution in [1.82, 2.24) is 14.3 Å². The van der Waals surface area contributed by atoms with Crippen molar-refractivity contribution in [2.75, 3.05) is 0 Å². The monoisotopic (exact) mass is 462 g/mol. The number of nitrogens with zero attached hydrogens (tertiary/aromatic N) is 3. The Morgan fingerprint density at radius 2 is 1.91 bits per heavy atom. The standard InChI is InChI=1S/C22H21F3N4O2S/c1-13-10-18-19(11-26)20(29(16-4-3-5-16)21(18)27-12-13)15-6-8-17(9-7-15)32(30,31)28-14(2)22(23,24)25/h6-10,12,14,16,28H,3-5H2,1-2H3/t14-/m1/s1. The summed E-state index contributed by atoms with van der Waals surface area (Å²) in [6.45, 7) is 2.64. The second-order valence-electron chi connectivity index (χ2n) is 8.08. The Labute approximate surface area is 183 Å². The normalized spacial score (nSPS) is 16.0. The fourth-order valence-electron chi connectivity index (χ4n) is 3.85. The number of nitrogens with one attached hydrogen (secondary N) is 1. The van der Waals surface area contributed by atoms with Gasteiger partial charge in [-0.05, 0) is 62.4 Å². The van der Waals surface area contributed by atoms with E-state index < -0.39 is 22.2 Å². The molecule has 0 unspecified atom stereocenters. The maximum Gasteiger partial charge on any atom is 0.404 e. The van der Waals surface area contributed by atoms with Crippen molar-refractivity contribution >= 4 is 21.1 Å². The molecule has 2 aromatic heterocycles. The molecule has 1 aliphatic carbocycles. The lowest BCUT2D eigenvalue weighted by atomic mass is 9.92. The Morgan fingerprint density at radius 3 is 2.44 bits per heavy atom. The fraction of sp³-hybridized carbons (Fsp3) is 0.364. The molecule has 1 saturated carbocycles. The number of hydrogen-bond acceptors (Lipinski definition) is 4. The first-order valence-corrected chi connectivity index (χ1v) is 11.6. The van der Waals surface area contributed by atoms with Gasteiger partial charge in [0.25, 0.3) is 0 Å². The summed E-state index contributed by atoms with van der Waals surface area (Å²) in [4.78, 5) is 4.27. The number of rotatable bonds is 5. The number of fused-ring (bicyclic) bond motifs is 1. The zero-order chi connectivity index (χ0) is 23.3. The first-order valence-electron chi connectivity index (χ1n) is 10.1. The Hall–Kier alpha value is -2.90. The van der Waals surface area contributed by atoms with Crippen LogP contribution in [-0.4, -0.2) is 30.2 Å². The highest BCUT2D eigenvalue weighted by atomic mass is 32.2. The zero-order valence-electron chi connectivity index (χ0n) is 17.4. The number of aryl methyl sites for hydroxylation is 1. The second kappa shape index (κ2) is 7.90. The fourth-order valence-corrected chi connectivity index (χ4v) is 5.08. The number of sulfonamides is 1. The smallest absolute Gasteiger partial charge is 0.321 e. The topological polar surface area (TPSA) is 87.8 Å². The summed E-state index contributed by atoms with van der Waals surface area (Å²) in [6, 6.07) is 7.67. The SMILES string of the molecule is Cc1cnc2c(c1)c(C#N)c(-c1ccc(S(=O)(=O)N[C@H](C)C(F)(F)F)cc1)n2C1CCC1. The molecule has 0 spiro atoms. The van der Waals surface area contributed by atoms with Gasteiger partial charge in [-0.25, -0.2) is 13.4 Å². The van der Waals surface area contributed by atoms with Crippen molar-refractivity contribution < 1.29 is 21.6 Å². The molecule has 0 saturated heterocycles. The molecule has 0 amide bonds. The number of alkyl halides is 3. The number of benzene rings is 1. The molecule has 0 bridgehead atoms. The molecule has 32 heavy (non-hydrogen) atoms. The first kappa shape index (κ1) is 22.3. The van der Waals surface area contributed by atoms with Gasteiger partial charge in [-0.15, -0.1) is 0 Å². The van der Waals surface area contributed by atoms with Gasteiger partial charge in [0.2, 0.25) is 10.0 Å². The minimum absolute atomic E-state index is 0.183. The summed E-state index contributed by atoms with van der Waals surface area (Å²) < 4.78 is 66.8. The van der Waals surface area contributed by atoms with E-state index in [9.17, 15) is 26.9 Å². The van der Waals surface area contributed by atoms with Crippen molar-refractivity contribution in [2.45, 2.75) is 56.3 Å². The van der Waals surface area contributed by atoms with Crippen LogP contribution in [0.1, 0.15) is 43.4 Å². The molecule has 1 N–H and O–H groups in total. The van der Waals surface area contributed by atoms with Crippen molar-refractivity contribution in [3.05, 3.63) is 47.7 Å². The highest BCUT2D eigenvalue weighted by Gasteiger charge is 2.39. The minimum atomic E-state index is -4.69. The predicted molar refractivity (Wildman–Crippen MR) is 113 cm³/mol. The van der Waals surface area contributed by atoms with Gasteiger partial charge in [-0.2, -0.15) is 23.2 Å². The molecule has 6 nitrogen and oxygen atoms in total. The summed E-state index contributed by atoms with van der Waals surface area (Å²) in [5.41, 5.74) is 3.31. The van der Waals surface area contributed by atoms with Gasteiger partial charge in [0.15, 0.2) is 0 Å². The molecule has 3 aromatic rings. The van der Waals surface area contributed by atoms with Crippen LogP contribution in [0.3, 0.4) is 0 Å². The number of nitriles is 1. The van der Waals surface area contributed by atoms with E-state index in [1.807, 2.05) is 17.6 Å². The van der Waals surface area contributed by atoms with Crippen molar-refractivity contribution in [2.24, 2.45) is 0 Å². The van der Waals surface area contributed by atoms with Crippen LogP contribution < -0.4 is 4.72 Å². The van der Waals surface area contributed by atoms with Crippen molar-refractivity contribution in [3.63, 3.8) is 0 Å². The first-order chi connectivity index (χ1) is 15.0. The van der Waals surface area contributed by atoms with Gasteiger partial charge in [0, 0.05) is 17.6 Å². The predicted octanol–water partition coefficient (Wildman–Crippen LogP) is 4.84. The van der Waals surface area contributed by atoms with Crippen LogP contribution in [0, 0.1) is 18.3 Å².